The number of hydrogen-bond donors (Lipinski definition) is 1. The number of hydrogen-bond acceptors (Lipinski definition) is 3. The van der Waals surface area contributed by atoms with Crippen molar-refractivity contribution < 1.29 is 19.4 Å². The molecule has 1 N–H and O–H groups in total. The lowest BCUT2D eigenvalue weighted by Gasteiger charge is -2.07. The van der Waals surface area contributed by atoms with Crippen LogP contribution in [-0.4, -0.2) is 28.5 Å². The van der Waals surface area contributed by atoms with Crippen molar-refractivity contribution >= 4 is 35.3 Å². The Bertz CT molecular complexity index is 1350. The summed E-state index contributed by atoms with van der Waals surface area (Å²) < 4.78 is 8.07. The van der Waals surface area contributed by atoms with E-state index < -0.39 is 5.97 Å². The van der Waals surface area contributed by atoms with Crippen LogP contribution in [0.5, 0.6) is 5.75 Å². The summed E-state index contributed by atoms with van der Waals surface area (Å²) in [6.45, 7) is 1.43. The van der Waals surface area contributed by atoms with Crippen molar-refractivity contribution in [2.45, 2.75) is 51.5 Å². The molecule has 0 radical (unpaired) electrons. The van der Waals surface area contributed by atoms with Crippen molar-refractivity contribution in [1.29, 1.82) is 0 Å². The van der Waals surface area contributed by atoms with Gasteiger partial charge in [0.1, 0.15) is 12.0 Å². The lowest BCUT2D eigenvalue weighted by atomic mass is 10.0. The van der Waals surface area contributed by atoms with Crippen molar-refractivity contribution in [3.05, 3.63) is 101 Å². The van der Waals surface area contributed by atoms with Crippen LogP contribution in [0.2, 0.25) is 0 Å². The molecule has 3 aromatic carbocycles. The summed E-state index contributed by atoms with van der Waals surface area (Å²) >= 11 is 0. The third kappa shape index (κ3) is 7.69. The Morgan fingerprint density at radius 1 is 0.868 bits per heavy atom. The molecule has 4 rings (SSSR count). The zero-order valence-corrected chi connectivity index (χ0v) is 21.7. The Kier molecular flexibility index (Phi) is 9.91. The minimum Gasteiger partial charge on any atom is -0.494 e. The zero-order valence-electron chi connectivity index (χ0n) is 21.7. The Morgan fingerprint density at radius 3 is 2.45 bits per heavy atom. The Labute approximate surface area is 224 Å². The fourth-order valence-electron chi connectivity index (χ4n) is 4.70. The van der Waals surface area contributed by atoms with Crippen LogP contribution in [0.1, 0.15) is 54.4 Å². The highest BCUT2D eigenvalue weighted by Crippen LogP contribution is 2.28. The number of aldehydes is 1. The molecule has 1 aromatic heterocycles. The van der Waals surface area contributed by atoms with Crippen molar-refractivity contribution in [3.63, 3.8) is 0 Å². The molecule has 5 nitrogen and oxygen atoms in total. The lowest BCUT2D eigenvalue weighted by Crippen LogP contribution is -1.98. The quantitative estimate of drug-likeness (QED) is 0.104. The largest absolute Gasteiger partial charge is 0.494 e. The maximum Gasteiger partial charge on any atom is 0.303 e. The molecule has 0 atom stereocenters. The van der Waals surface area contributed by atoms with Gasteiger partial charge in [0.15, 0.2) is 0 Å². The smallest absolute Gasteiger partial charge is 0.303 e. The summed E-state index contributed by atoms with van der Waals surface area (Å²) in [5.74, 6) is 0.0608. The average molecular weight is 510 g/mol. The lowest BCUT2D eigenvalue weighted by molar-refractivity contribution is -0.136. The van der Waals surface area contributed by atoms with E-state index >= 15 is 0 Å². The summed E-state index contributed by atoms with van der Waals surface area (Å²) in [7, 11) is 0. The van der Waals surface area contributed by atoms with Crippen LogP contribution >= 0.6 is 0 Å². The molecule has 0 amide bonds. The minimum atomic E-state index is -0.807. The van der Waals surface area contributed by atoms with Crippen molar-refractivity contribution in [2.75, 3.05) is 6.61 Å². The molecule has 0 bridgehead atoms. The number of carboxylic acids is 1. The third-order valence-corrected chi connectivity index (χ3v) is 6.65. The molecule has 196 valence electrons. The van der Waals surface area contributed by atoms with Gasteiger partial charge < -0.3 is 19.2 Å². The van der Waals surface area contributed by atoms with Gasteiger partial charge in [0.25, 0.3) is 0 Å². The number of ether oxygens (including phenoxy) is 1. The first-order valence-corrected chi connectivity index (χ1v) is 13.3. The number of aliphatic carboxylic acids is 1. The van der Waals surface area contributed by atoms with Crippen LogP contribution in [0.4, 0.5) is 0 Å². The number of fused-ring (bicyclic) bond motifs is 1. The van der Waals surface area contributed by atoms with Crippen molar-refractivity contribution in [3.8, 4) is 5.75 Å². The predicted molar refractivity (Wildman–Crippen MR) is 153 cm³/mol. The molecule has 0 spiro atoms. The van der Waals surface area contributed by atoms with Crippen molar-refractivity contribution in [1.82, 2.24) is 4.57 Å². The molecular weight excluding hydrogens is 474 g/mol. The van der Waals surface area contributed by atoms with Gasteiger partial charge in [-0.1, -0.05) is 66.7 Å². The van der Waals surface area contributed by atoms with E-state index in [0.29, 0.717) is 19.4 Å². The predicted octanol–water partition coefficient (Wildman–Crippen LogP) is 7.21. The van der Waals surface area contributed by atoms with Gasteiger partial charge in [-0.3, -0.25) is 4.79 Å². The van der Waals surface area contributed by atoms with Crippen LogP contribution < -0.4 is 4.74 Å². The molecule has 38 heavy (non-hydrogen) atoms. The number of carboxylic acid groups (broad SMARTS) is 1. The van der Waals surface area contributed by atoms with Crippen LogP contribution in [0.15, 0.2) is 79.0 Å². The summed E-state index contributed by atoms with van der Waals surface area (Å²) in [5.41, 5.74) is 5.56. The maximum absolute atomic E-state index is 11.2. The van der Waals surface area contributed by atoms with Crippen LogP contribution in [0.3, 0.4) is 0 Å². The Balaban J connectivity index is 1.40. The number of rotatable bonds is 15. The summed E-state index contributed by atoms with van der Waals surface area (Å²) in [6, 6.07) is 24.8. The first-order valence-electron chi connectivity index (χ1n) is 13.3. The molecule has 0 fully saturated rings. The van der Waals surface area contributed by atoms with E-state index in [1.807, 2.05) is 42.6 Å². The molecule has 1 heterocycles. The number of aromatic nitrogens is 1. The first kappa shape index (κ1) is 26.9. The number of carbonyl (C=O) groups excluding carboxylic acids is 1. The zero-order chi connectivity index (χ0) is 26.6. The van der Waals surface area contributed by atoms with Crippen LogP contribution in [-0.2, 0) is 29.0 Å². The monoisotopic (exact) mass is 509 g/mol. The molecule has 5 heteroatoms. The fourth-order valence-corrected chi connectivity index (χ4v) is 4.70. The second-order valence-corrected chi connectivity index (χ2v) is 9.49. The van der Waals surface area contributed by atoms with Gasteiger partial charge in [0, 0.05) is 36.5 Å². The third-order valence-electron chi connectivity index (χ3n) is 6.65. The second kappa shape index (κ2) is 14.0. The summed E-state index contributed by atoms with van der Waals surface area (Å²) in [6.07, 6.45) is 12.1. The number of benzene rings is 3. The molecular formula is C33H35NO4. The van der Waals surface area contributed by atoms with Crippen LogP contribution in [0, 0.1) is 0 Å². The van der Waals surface area contributed by atoms with E-state index in [-0.39, 0.29) is 6.42 Å². The number of nitrogens with zero attached hydrogens (tertiary/aromatic N) is 1. The highest BCUT2D eigenvalue weighted by Gasteiger charge is 2.12. The van der Waals surface area contributed by atoms with Crippen LogP contribution in [0.25, 0.3) is 23.1 Å². The maximum atomic E-state index is 11.2. The normalized spacial score (nSPS) is 11.3. The number of unbranched alkanes of at least 4 members (excludes halogenated alkanes) is 2. The standard InChI is InChI=1S/C33H35NO4/c35-23-6-5-22-34-25-29(18-21-32(36)37)33-28(12-8-13-31(33)34)17-14-27-15-19-30(20-16-27)38-24-7-4-11-26-9-2-1-3-10-26/h1-3,8-10,12-17,19-20,23,25H,4-7,11,18,21-22,24H2,(H,36,37)/b17-14+. The number of aryl methyl sites for hydroxylation is 3. The molecule has 0 saturated carbocycles. The molecule has 0 unspecified atom stereocenters. The summed E-state index contributed by atoms with van der Waals surface area (Å²) in [5, 5.41) is 10.3. The second-order valence-electron chi connectivity index (χ2n) is 9.49. The Morgan fingerprint density at radius 2 is 1.68 bits per heavy atom. The fraction of sp³-hybridized carbons (Fsp3) is 0.273. The minimum absolute atomic E-state index is 0.0826. The van der Waals surface area contributed by atoms with E-state index in [2.05, 4.69) is 53.1 Å². The van der Waals surface area contributed by atoms with E-state index in [1.165, 1.54) is 5.56 Å². The van der Waals surface area contributed by atoms with Gasteiger partial charge in [-0.25, -0.2) is 0 Å². The van der Waals surface area contributed by atoms with Gasteiger partial charge in [-0.05, 0) is 72.6 Å². The molecule has 0 aliphatic heterocycles. The topological polar surface area (TPSA) is 68.5 Å². The molecule has 0 saturated heterocycles. The first-order chi connectivity index (χ1) is 18.6. The van der Waals surface area contributed by atoms with Gasteiger partial charge in [-0.2, -0.15) is 0 Å². The van der Waals surface area contributed by atoms with E-state index in [0.717, 1.165) is 71.9 Å². The Hall–Kier alpha value is -4.12. The average Bonchev–Trinajstić information content (AvgIpc) is 3.30. The molecule has 0 aliphatic rings. The van der Waals surface area contributed by atoms with Gasteiger partial charge in [-0.15, -0.1) is 0 Å². The van der Waals surface area contributed by atoms with Gasteiger partial charge in [0.05, 0.1) is 6.61 Å². The van der Waals surface area contributed by atoms with E-state index in [1.54, 1.807) is 0 Å². The summed E-state index contributed by atoms with van der Waals surface area (Å²) in [4.78, 5) is 22.0. The number of carbonyl (C=O) groups is 2. The van der Waals surface area contributed by atoms with E-state index in [9.17, 15) is 14.7 Å². The van der Waals surface area contributed by atoms with E-state index in [4.69, 9.17) is 4.74 Å². The van der Waals surface area contributed by atoms with Gasteiger partial charge >= 0.3 is 5.97 Å². The van der Waals surface area contributed by atoms with Crippen molar-refractivity contribution in [2.24, 2.45) is 0 Å². The molecule has 4 aromatic rings. The highest BCUT2D eigenvalue weighted by atomic mass is 16.5. The van der Waals surface area contributed by atoms with Gasteiger partial charge in [0.2, 0.25) is 0 Å². The highest BCUT2D eigenvalue weighted by molar-refractivity contribution is 5.94. The SMILES string of the molecule is O=CCCCn1cc(CCC(=O)O)c2c(/C=C/c3ccc(OCCCCc4ccccc4)cc3)cccc21. The molecule has 0 aliphatic carbocycles.